The Balaban J connectivity index is 1.72. The van der Waals surface area contributed by atoms with Gasteiger partial charge in [0.05, 0.1) is 22.5 Å². The third-order valence-corrected chi connectivity index (χ3v) is 4.63. The highest BCUT2D eigenvalue weighted by Gasteiger charge is 2.13. The molecule has 0 unspecified atom stereocenters. The molecule has 0 radical (unpaired) electrons. The quantitative estimate of drug-likeness (QED) is 0.428. The van der Waals surface area contributed by atoms with Crippen molar-refractivity contribution in [3.8, 4) is 0 Å². The summed E-state index contributed by atoms with van der Waals surface area (Å²) >= 11 is 11.9. The van der Waals surface area contributed by atoms with Crippen LogP contribution in [0.15, 0.2) is 71.8 Å². The number of benzene rings is 3. The zero-order valence-corrected chi connectivity index (χ0v) is 17.0. The van der Waals surface area contributed by atoms with Crippen LogP contribution in [0, 0.1) is 6.92 Å². The molecule has 0 atom stereocenters. The fraction of sp³-hybridized carbons (Fsp3) is 0.0455. The first-order valence-corrected chi connectivity index (χ1v) is 9.45. The summed E-state index contributed by atoms with van der Waals surface area (Å²) in [5, 5.41) is 7.62. The smallest absolute Gasteiger partial charge is 0.273 e. The first-order valence-electron chi connectivity index (χ1n) is 8.69. The number of hydrogen-bond donors (Lipinski definition) is 2. The van der Waals surface area contributed by atoms with Crippen molar-refractivity contribution in [2.24, 2.45) is 5.10 Å². The van der Waals surface area contributed by atoms with Crippen LogP contribution in [0.4, 0.5) is 5.69 Å². The van der Waals surface area contributed by atoms with Crippen molar-refractivity contribution >= 4 is 46.9 Å². The molecular weight excluding hydrogens is 409 g/mol. The number of amides is 2. The maximum Gasteiger partial charge on any atom is 0.273 e. The lowest BCUT2D eigenvalue weighted by molar-refractivity contribution is 0.0956. The summed E-state index contributed by atoms with van der Waals surface area (Å²) in [5.41, 5.74) is 5.27. The number of rotatable bonds is 5. The van der Waals surface area contributed by atoms with Gasteiger partial charge in [0, 0.05) is 16.1 Å². The Morgan fingerprint density at radius 1 is 0.931 bits per heavy atom. The summed E-state index contributed by atoms with van der Waals surface area (Å²) in [6, 6.07) is 18.8. The minimum absolute atomic E-state index is 0.285. The van der Waals surface area contributed by atoms with Crippen molar-refractivity contribution < 1.29 is 9.59 Å². The SMILES string of the molecule is Cc1ccc(C(=O)Nc2ccccc2C(=O)N/N=C\c2ccc(Cl)cc2Cl)cc1. The van der Waals surface area contributed by atoms with E-state index in [9.17, 15) is 9.59 Å². The van der Waals surface area contributed by atoms with Gasteiger partial charge in [-0.25, -0.2) is 5.43 Å². The summed E-state index contributed by atoms with van der Waals surface area (Å²) in [4.78, 5) is 25.0. The first kappa shape index (κ1) is 20.6. The molecular formula is C22H17Cl2N3O2. The average molecular weight is 426 g/mol. The van der Waals surface area contributed by atoms with Gasteiger partial charge in [-0.05, 0) is 43.3 Å². The fourth-order valence-electron chi connectivity index (χ4n) is 2.52. The zero-order chi connectivity index (χ0) is 20.8. The summed E-state index contributed by atoms with van der Waals surface area (Å²) in [7, 11) is 0. The van der Waals surface area contributed by atoms with E-state index in [0.717, 1.165) is 5.56 Å². The maximum atomic E-state index is 12.5. The second-order valence-electron chi connectivity index (χ2n) is 6.23. The Hall–Kier alpha value is -3.15. The lowest BCUT2D eigenvalue weighted by Crippen LogP contribution is -2.21. The molecule has 146 valence electrons. The maximum absolute atomic E-state index is 12.5. The standard InChI is InChI=1S/C22H17Cl2N3O2/c1-14-6-8-15(9-7-14)21(28)26-20-5-3-2-4-18(20)22(29)27-25-13-16-10-11-17(23)12-19(16)24/h2-13H,1H3,(H,26,28)(H,27,29)/b25-13-. The molecule has 29 heavy (non-hydrogen) atoms. The molecule has 0 aliphatic rings. The molecule has 0 spiro atoms. The highest BCUT2D eigenvalue weighted by Crippen LogP contribution is 2.20. The van der Waals surface area contributed by atoms with E-state index in [1.54, 1.807) is 54.6 Å². The largest absolute Gasteiger partial charge is 0.321 e. The summed E-state index contributed by atoms with van der Waals surface area (Å²) in [6.45, 7) is 1.94. The normalized spacial score (nSPS) is 10.7. The minimum atomic E-state index is -0.467. The van der Waals surface area contributed by atoms with Gasteiger partial charge in [0.2, 0.25) is 0 Å². The van der Waals surface area contributed by atoms with Crippen LogP contribution in [0.2, 0.25) is 10.0 Å². The van der Waals surface area contributed by atoms with Crippen LogP contribution in [-0.4, -0.2) is 18.0 Å². The molecule has 3 aromatic carbocycles. The van der Waals surface area contributed by atoms with Crippen molar-refractivity contribution in [2.45, 2.75) is 6.92 Å². The Morgan fingerprint density at radius 2 is 1.66 bits per heavy atom. The zero-order valence-electron chi connectivity index (χ0n) is 15.4. The Bertz CT molecular complexity index is 1080. The Morgan fingerprint density at radius 3 is 2.38 bits per heavy atom. The van der Waals surface area contributed by atoms with Gasteiger partial charge < -0.3 is 5.32 Å². The lowest BCUT2D eigenvalue weighted by Gasteiger charge is -2.10. The third kappa shape index (κ3) is 5.44. The number of carbonyl (C=O) groups is 2. The number of anilines is 1. The van der Waals surface area contributed by atoms with Gasteiger partial charge in [-0.1, -0.05) is 59.1 Å². The number of hydrazone groups is 1. The van der Waals surface area contributed by atoms with E-state index in [2.05, 4.69) is 15.8 Å². The van der Waals surface area contributed by atoms with E-state index in [4.69, 9.17) is 23.2 Å². The predicted octanol–water partition coefficient (Wildman–Crippen LogP) is 5.32. The molecule has 0 bridgehead atoms. The Kier molecular flexibility index (Phi) is 6.65. The van der Waals surface area contributed by atoms with Crippen LogP contribution in [0.5, 0.6) is 0 Å². The Labute approximate surface area is 178 Å². The van der Waals surface area contributed by atoms with Gasteiger partial charge >= 0.3 is 0 Å². The first-order chi connectivity index (χ1) is 13.9. The van der Waals surface area contributed by atoms with Crippen LogP contribution < -0.4 is 10.7 Å². The number of aryl methyl sites for hydroxylation is 1. The third-order valence-electron chi connectivity index (χ3n) is 4.07. The van der Waals surface area contributed by atoms with Gasteiger partial charge in [0.15, 0.2) is 0 Å². The molecule has 0 heterocycles. The summed E-state index contributed by atoms with van der Waals surface area (Å²) in [6.07, 6.45) is 1.42. The number of para-hydroxylation sites is 1. The molecule has 0 saturated heterocycles. The number of hydrogen-bond acceptors (Lipinski definition) is 3. The summed E-state index contributed by atoms with van der Waals surface area (Å²) < 4.78 is 0. The van der Waals surface area contributed by atoms with Crippen molar-refractivity contribution in [1.82, 2.24) is 5.43 Å². The van der Waals surface area contributed by atoms with Gasteiger partial charge in [-0.3, -0.25) is 9.59 Å². The molecule has 2 N–H and O–H groups in total. The highest BCUT2D eigenvalue weighted by atomic mass is 35.5. The van der Waals surface area contributed by atoms with E-state index in [1.165, 1.54) is 6.21 Å². The molecule has 0 fully saturated rings. The van der Waals surface area contributed by atoms with Crippen molar-refractivity contribution in [3.05, 3.63) is 99.0 Å². The number of nitrogens with zero attached hydrogens (tertiary/aromatic N) is 1. The van der Waals surface area contributed by atoms with Crippen molar-refractivity contribution in [3.63, 3.8) is 0 Å². The van der Waals surface area contributed by atoms with Crippen LogP contribution >= 0.6 is 23.2 Å². The van der Waals surface area contributed by atoms with E-state index in [0.29, 0.717) is 26.9 Å². The minimum Gasteiger partial charge on any atom is -0.321 e. The van der Waals surface area contributed by atoms with E-state index < -0.39 is 5.91 Å². The monoisotopic (exact) mass is 425 g/mol. The molecule has 0 saturated carbocycles. The predicted molar refractivity (Wildman–Crippen MR) is 117 cm³/mol. The van der Waals surface area contributed by atoms with Gasteiger partial charge in [0.25, 0.3) is 11.8 Å². The topological polar surface area (TPSA) is 70.6 Å². The molecule has 0 aromatic heterocycles. The molecule has 5 nitrogen and oxygen atoms in total. The van der Waals surface area contributed by atoms with Gasteiger partial charge in [-0.2, -0.15) is 5.10 Å². The van der Waals surface area contributed by atoms with Gasteiger partial charge in [-0.15, -0.1) is 0 Å². The van der Waals surface area contributed by atoms with E-state index >= 15 is 0 Å². The van der Waals surface area contributed by atoms with Crippen LogP contribution in [0.25, 0.3) is 0 Å². The molecule has 2 amide bonds. The van der Waals surface area contributed by atoms with E-state index in [-0.39, 0.29) is 11.5 Å². The number of nitrogens with one attached hydrogen (secondary N) is 2. The number of halogens is 2. The second-order valence-corrected chi connectivity index (χ2v) is 7.07. The molecule has 0 aliphatic carbocycles. The van der Waals surface area contributed by atoms with Crippen molar-refractivity contribution in [2.75, 3.05) is 5.32 Å². The molecule has 3 aromatic rings. The molecule has 0 aliphatic heterocycles. The van der Waals surface area contributed by atoms with E-state index in [1.807, 2.05) is 19.1 Å². The second kappa shape index (κ2) is 9.37. The molecule has 7 heteroatoms. The highest BCUT2D eigenvalue weighted by molar-refractivity contribution is 6.36. The van der Waals surface area contributed by atoms with Crippen LogP contribution in [-0.2, 0) is 0 Å². The van der Waals surface area contributed by atoms with Gasteiger partial charge in [0.1, 0.15) is 0 Å². The lowest BCUT2D eigenvalue weighted by atomic mass is 10.1. The van der Waals surface area contributed by atoms with Crippen molar-refractivity contribution in [1.29, 1.82) is 0 Å². The van der Waals surface area contributed by atoms with Crippen LogP contribution in [0.3, 0.4) is 0 Å². The number of carbonyl (C=O) groups excluding carboxylic acids is 2. The summed E-state index contributed by atoms with van der Waals surface area (Å²) in [5.74, 6) is -0.771. The fourth-order valence-corrected chi connectivity index (χ4v) is 2.97. The average Bonchev–Trinajstić information content (AvgIpc) is 2.70. The van der Waals surface area contributed by atoms with Crippen LogP contribution in [0.1, 0.15) is 31.8 Å². The molecule has 3 rings (SSSR count).